The number of rotatable bonds is 2. The summed E-state index contributed by atoms with van der Waals surface area (Å²) in [7, 11) is 0. The SMILES string of the molecule is O=C(NN1C(=O)[C@@H]2[C@@H]3C=C[C@H]([C@H]4C[C@@H]34)[C@@H]2C1=O)c1ccc(Cl)cc1Cl. The van der Waals surface area contributed by atoms with Crippen LogP contribution in [0.5, 0.6) is 0 Å². The molecule has 3 amide bonds. The summed E-state index contributed by atoms with van der Waals surface area (Å²) in [5.41, 5.74) is 2.62. The van der Waals surface area contributed by atoms with E-state index in [1.165, 1.54) is 18.2 Å². The molecule has 0 radical (unpaired) electrons. The van der Waals surface area contributed by atoms with Gasteiger partial charge in [-0.2, -0.15) is 5.01 Å². The summed E-state index contributed by atoms with van der Waals surface area (Å²) in [6, 6.07) is 4.45. The Labute approximate surface area is 153 Å². The summed E-state index contributed by atoms with van der Waals surface area (Å²) in [4.78, 5) is 38.1. The molecule has 0 unspecified atom stereocenters. The fourth-order valence-corrected chi connectivity index (χ4v) is 5.40. The highest BCUT2D eigenvalue weighted by molar-refractivity contribution is 6.36. The van der Waals surface area contributed by atoms with Gasteiger partial charge in [-0.15, -0.1) is 0 Å². The molecule has 1 N–H and O–H groups in total. The average Bonchev–Trinajstić information content (AvgIpc) is 3.36. The molecule has 2 bridgehead atoms. The molecule has 25 heavy (non-hydrogen) atoms. The molecule has 1 aromatic carbocycles. The first-order valence-corrected chi connectivity index (χ1v) is 9.05. The summed E-state index contributed by atoms with van der Waals surface area (Å²) in [6.45, 7) is 0. The number of nitrogens with one attached hydrogen (secondary N) is 1. The number of benzene rings is 1. The van der Waals surface area contributed by atoms with Gasteiger partial charge < -0.3 is 0 Å². The maximum atomic E-state index is 12.8. The van der Waals surface area contributed by atoms with Crippen molar-refractivity contribution in [1.29, 1.82) is 0 Å². The van der Waals surface area contributed by atoms with Crippen LogP contribution in [0.15, 0.2) is 30.4 Å². The molecule has 5 nitrogen and oxygen atoms in total. The Kier molecular flexibility index (Phi) is 3.13. The molecule has 1 saturated heterocycles. The Hall–Kier alpha value is -1.85. The number of carbonyl (C=O) groups is 3. The average molecular weight is 377 g/mol. The monoisotopic (exact) mass is 376 g/mol. The van der Waals surface area contributed by atoms with Crippen LogP contribution in [0, 0.1) is 35.5 Å². The topological polar surface area (TPSA) is 66.5 Å². The van der Waals surface area contributed by atoms with Gasteiger partial charge in [0, 0.05) is 5.02 Å². The van der Waals surface area contributed by atoms with Gasteiger partial charge in [0.1, 0.15) is 0 Å². The first-order chi connectivity index (χ1) is 12.0. The fraction of sp³-hybridized carbons (Fsp3) is 0.389. The zero-order valence-electron chi connectivity index (χ0n) is 13.0. The third-order valence-electron chi connectivity index (χ3n) is 6.05. The maximum Gasteiger partial charge on any atom is 0.271 e. The van der Waals surface area contributed by atoms with E-state index in [1.807, 2.05) is 0 Å². The lowest BCUT2D eigenvalue weighted by molar-refractivity contribution is -0.143. The number of carbonyl (C=O) groups excluding carboxylic acids is 3. The van der Waals surface area contributed by atoms with Crippen molar-refractivity contribution < 1.29 is 14.4 Å². The molecule has 1 aliphatic heterocycles. The molecule has 3 fully saturated rings. The molecule has 4 aliphatic carbocycles. The highest BCUT2D eigenvalue weighted by atomic mass is 35.5. The standard InChI is InChI=1S/C18H14Cl2N2O3/c19-7-1-2-10(13(20)5-7)16(23)21-22-17(24)14-8-3-4-9(12-6-11(8)12)15(14)18(22)25/h1-5,8-9,11-12,14-15H,6H2,(H,21,23)/t8-,9-,11-,12+,14+,15-/m1/s1. The van der Waals surface area contributed by atoms with Crippen LogP contribution in [-0.2, 0) is 9.59 Å². The summed E-state index contributed by atoms with van der Waals surface area (Å²) >= 11 is 11.9. The lowest BCUT2D eigenvalue weighted by Crippen LogP contribution is -2.47. The number of amides is 3. The van der Waals surface area contributed by atoms with Crippen molar-refractivity contribution in [3.05, 3.63) is 46.0 Å². The minimum Gasteiger partial charge on any atom is -0.272 e. The largest absolute Gasteiger partial charge is 0.272 e. The van der Waals surface area contributed by atoms with Crippen LogP contribution in [0.2, 0.25) is 10.0 Å². The highest BCUT2D eigenvalue weighted by Gasteiger charge is 2.67. The Morgan fingerprint density at radius 2 is 1.64 bits per heavy atom. The molecule has 1 heterocycles. The van der Waals surface area contributed by atoms with Gasteiger partial charge >= 0.3 is 0 Å². The highest BCUT2D eigenvalue weighted by Crippen LogP contribution is 2.65. The van der Waals surface area contributed by atoms with Crippen LogP contribution >= 0.6 is 23.2 Å². The van der Waals surface area contributed by atoms with Gasteiger partial charge in [0.2, 0.25) is 0 Å². The Morgan fingerprint density at radius 3 is 2.20 bits per heavy atom. The van der Waals surface area contributed by atoms with Gasteiger partial charge in [-0.25, -0.2) is 0 Å². The number of nitrogens with zero attached hydrogens (tertiary/aromatic N) is 1. The summed E-state index contributed by atoms with van der Waals surface area (Å²) in [6.07, 6.45) is 5.28. The first-order valence-electron chi connectivity index (χ1n) is 8.29. The fourth-order valence-electron chi connectivity index (χ4n) is 4.90. The number of allylic oxidation sites excluding steroid dienone is 2. The number of imide groups is 1. The third kappa shape index (κ3) is 2.06. The lowest BCUT2D eigenvalue weighted by Gasteiger charge is -2.37. The Balaban J connectivity index is 1.42. The third-order valence-corrected chi connectivity index (χ3v) is 6.60. The Bertz CT molecular complexity index is 832. The second-order valence-corrected chi connectivity index (χ2v) is 8.08. The second-order valence-electron chi connectivity index (χ2n) is 7.23. The first kappa shape index (κ1) is 15.4. The van der Waals surface area contributed by atoms with Crippen molar-refractivity contribution in [2.45, 2.75) is 6.42 Å². The van der Waals surface area contributed by atoms with E-state index in [9.17, 15) is 14.4 Å². The summed E-state index contributed by atoms with van der Waals surface area (Å²) < 4.78 is 0. The van der Waals surface area contributed by atoms with Gasteiger partial charge in [0.05, 0.1) is 22.4 Å². The number of hydrazine groups is 1. The molecule has 5 aliphatic rings. The molecule has 6 rings (SSSR count). The lowest BCUT2D eigenvalue weighted by atomic mass is 9.63. The van der Waals surface area contributed by atoms with Crippen molar-refractivity contribution in [3.8, 4) is 0 Å². The molecule has 6 atom stereocenters. The van der Waals surface area contributed by atoms with Crippen LogP contribution in [0.3, 0.4) is 0 Å². The van der Waals surface area contributed by atoms with Crippen molar-refractivity contribution >= 4 is 40.9 Å². The van der Waals surface area contributed by atoms with Crippen molar-refractivity contribution in [1.82, 2.24) is 10.4 Å². The minimum absolute atomic E-state index is 0.123. The smallest absolute Gasteiger partial charge is 0.271 e. The molecule has 1 aromatic rings. The van der Waals surface area contributed by atoms with E-state index >= 15 is 0 Å². The van der Waals surface area contributed by atoms with Crippen LogP contribution in [0.1, 0.15) is 16.8 Å². The molecular weight excluding hydrogens is 363 g/mol. The van der Waals surface area contributed by atoms with Crippen molar-refractivity contribution in [2.24, 2.45) is 35.5 Å². The van der Waals surface area contributed by atoms with Crippen molar-refractivity contribution in [2.75, 3.05) is 0 Å². The summed E-state index contributed by atoms with van der Waals surface area (Å²) in [5.74, 6) is -0.595. The number of hydrogen-bond donors (Lipinski definition) is 1. The number of halogens is 2. The van der Waals surface area contributed by atoms with E-state index in [0.29, 0.717) is 16.9 Å². The van der Waals surface area contributed by atoms with E-state index in [-0.39, 0.29) is 46.1 Å². The molecule has 0 aromatic heterocycles. The molecule has 7 heteroatoms. The predicted molar refractivity (Wildman–Crippen MR) is 90.5 cm³/mol. The van der Waals surface area contributed by atoms with Crippen molar-refractivity contribution in [3.63, 3.8) is 0 Å². The zero-order valence-corrected chi connectivity index (χ0v) is 14.5. The molecule has 2 saturated carbocycles. The quantitative estimate of drug-likeness (QED) is 0.637. The number of hydrogen-bond acceptors (Lipinski definition) is 3. The Morgan fingerprint density at radius 1 is 1.04 bits per heavy atom. The maximum absolute atomic E-state index is 12.8. The van der Waals surface area contributed by atoms with E-state index < -0.39 is 5.91 Å². The second kappa shape index (κ2) is 5.08. The van der Waals surface area contributed by atoms with Crippen LogP contribution in [0.4, 0.5) is 0 Å². The zero-order chi connectivity index (χ0) is 17.5. The molecule has 0 spiro atoms. The van der Waals surface area contributed by atoms with Gasteiger partial charge in [0.25, 0.3) is 17.7 Å². The van der Waals surface area contributed by atoms with Crippen LogP contribution < -0.4 is 5.43 Å². The predicted octanol–water partition coefficient (Wildman–Crippen LogP) is 2.69. The summed E-state index contributed by atoms with van der Waals surface area (Å²) in [5, 5.41) is 1.48. The van der Waals surface area contributed by atoms with Gasteiger partial charge in [-0.3, -0.25) is 19.8 Å². The molecular formula is C18H14Cl2N2O3. The van der Waals surface area contributed by atoms with Crippen LogP contribution in [-0.4, -0.2) is 22.7 Å². The van der Waals surface area contributed by atoms with Crippen LogP contribution in [0.25, 0.3) is 0 Å². The van der Waals surface area contributed by atoms with E-state index in [1.54, 1.807) is 0 Å². The van der Waals surface area contributed by atoms with E-state index in [0.717, 1.165) is 11.4 Å². The molecule has 128 valence electrons. The van der Waals surface area contributed by atoms with E-state index in [4.69, 9.17) is 23.2 Å². The minimum atomic E-state index is -0.590. The van der Waals surface area contributed by atoms with Gasteiger partial charge in [0.15, 0.2) is 0 Å². The van der Waals surface area contributed by atoms with Gasteiger partial charge in [-0.05, 0) is 48.3 Å². The van der Waals surface area contributed by atoms with Gasteiger partial charge in [-0.1, -0.05) is 35.4 Å². The normalized spacial score (nSPS) is 37.1. The van der Waals surface area contributed by atoms with E-state index in [2.05, 4.69) is 17.6 Å².